The van der Waals surface area contributed by atoms with E-state index in [1.165, 1.54) is 7.11 Å². The largest absolute Gasteiger partial charge is 0.488 e. The average molecular weight is 490 g/mol. The number of rotatable bonds is 5. The van der Waals surface area contributed by atoms with E-state index in [2.05, 4.69) is 10.2 Å². The molecule has 1 aromatic rings. The van der Waals surface area contributed by atoms with Crippen molar-refractivity contribution in [2.45, 2.75) is 25.0 Å². The molecule has 0 spiro atoms. The number of carbonyl (C=O) groups excluding carboxylic acids is 2. The average Bonchev–Trinajstić information content (AvgIpc) is 3.15. The highest BCUT2D eigenvalue weighted by Crippen LogP contribution is 2.38. The summed E-state index contributed by atoms with van der Waals surface area (Å²) in [6.45, 7) is 5.44. The van der Waals surface area contributed by atoms with Crippen LogP contribution in [0.25, 0.3) is 0 Å². The number of aliphatic hydroxyl groups excluding tert-OH is 1. The van der Waals surface area contributed by atoms with Gasteiger partial charge in [-0.3, -0.25) is 9.69 Å². The molecule has 1 amide bonds. The van der Waals surface area contributed by atoms with Gasteiger partial charge in [0, 0.05) is 39.3 Å². The van der Waals surface area contributed by atoms with Crippen LogP contribution in [0.3, 0.4) is 0 Å². The molecule has 3 aliphatic rings. The molecule has 0 aromatic heterocycles. The molecule has 0 radical (unpaired) electrons. The third kappa shape index (κ3) is 6.26. The van der Waals surface area contributed by atoms with Crippen molar-refractivity contribution >= 4 is 36.7 Å². The Morgan fingerprint density at radius 2 is 1.81 bits per heavy atom. The van der Waals surface area contributed by atoms with Gasteiger partial charge in [0.25, 0.3) is 0 Å². The molecule has 4 rings (SSSR count). The zero-order valence-corrected chi connectivity index (χ0v) is 19.9. The molecule has 2 heterocycles. The first-order valence-corrected chi connectivity index (χ1v) is 10.8. The Balaban J connectivity index is 0.00000181. The molecule has 1 aliphatic carbocycles. The first kappa shape index (κ1) is 26.7. The fourth-order valence-corrected chi connectivity index (χ4v) is 4.94. The summed E-state index contributed by atoms with van der Waals surface area (Å²) in [5.74, 6) is 1.13. The predicted octanol–water partition coefficient (Wildman–Crippen LogP) is 1.20. The summed E-state index contributed by atoms with van der Waals surface area (Å²) in [5, 5.41) is 13.9. The van der Waals surface area contributed by atoms with Crippen LogP contribution in [0.1, 0.15) is 23.2 Å². The summed E-state index contributed by atoms with van der Waals surface area (Å²) in [7, 11) is 1.35. The standard InChI is InChI=1S/C22H31N3O5.2ClH/c1-29-22(28)15-3-2-4-18(9-15)30-20-11-17-13-24(12-16(17)10-19(20)26)14-21(27)25-7-5-23-6-8-25;;/h2-4,9,16-17,19-20,23,26H,5-8,10-14H2,1H3;2*1H/t16-,17+,19+,20+;;/m0../s1. The molecule has 0 unspecified atom stereocenters. The van der Waals surface area contributed by atoms with Gasteiger partial charge in [-0.05, 0) is 42.9 Å². The van der Waals surface area contributed by atoms with Gasteiger partial charge in [0.1, 0.15) is 11.9 Å². The Kier molecular flexibility index (Phi) is 10.0. The van der Waals surface area contributed by atoms with Crippen LogP contribution in [0.15, 0.2) is 24.3 Å². The van der Waals surface area contributed by atoms with E-state index < -0.39 is 12.1 Å². The lowest BCUT2D eigenvalue weighted by Crippen LogP contribution is -2.49. The van der Waals surface area contributed by atoms with E-state index in [1.807, 2.05) is 4.90 Å². The Labute approximate surface area is 201 Å². The smallest absolute Gasteiger partial charge is 0.337 e. The zero-order chi connectivity index (χ0) is 21.1. The Morgan fingerprint density at radius 1 is 1.12 bits per heavy atom. The minimum Gasteiger partial charge on any atom is -0.488 e. The molecule has 180 valence electrons. The number of halogens is 2. The van der Waals surface area contributed by atoms with Gasteiger partial charge in [-0.25, -0.2) is 4.79 Å². The fourth-order valence-electron chi connectivity index (χ4n) is 4.94. The van der Waals surface area contributed by atoms with Crippen molar-refractivity contribution in [1.82, 2.24) is 15.1 Å². The molecule has 10 heteroatoms. The number of hydrogen-bond acceptors (Lipinski definition) is 7. The van der Waals surface area contributed by atoms with E-state index in [1.54, 1.807) is 24.3 Å². The van der Waals surface area contributed by atoms with Gasteiger partial charge in [0.2, 0.25) is 5.91 Å². The molecule has 4 atom stereocenters. The predicted molar refractivity (Wildman–Crippen MR) is 125 cm³/mol. The Bertz CT molecular complexity index is 778. The number of amides is 1. The Morgan fingerprint density at radius 3 is 2.50 bits per heavy atom. The molecular formula is C22H33Cl2N3O5. The summed E-state index contributed by atoms with van der Waals surface area (Å²) >= 11 is 0. The number of fused-ring (bicyclic) bond motifs is 1. The van der Waals surface area contributed by atoms with Crippen LogP contribution in [-0.2, 0) is 9.53 Å². The molecular weight excluding hydrogens is 457 g/mol. The molecule has 8 nitrogen and oxygen atoms in total. The van der Waals surface area contributed by atoms with E-state index in [4.69, 9.17) is 9.47 Å². The van der Waals surface area contributed by atoms with E-state index >= 15 is 0 Å². The summed E-state index contributed by atoms with van der Waals surface area (Å²) < 4.78 is 10.8. The number of ether oxygens (including phenoxy) is 2. The molecule has 1 saturated carbocycles. The van der Waals surface area contributed by atoms with Crippen LogP contribution in [0.2, 0.25) is 0 Å². The van der Waals surface area contributed by atoms with Crippen molar-refractivity contribution in [3.05, 3.63) is 29.8 Å². The quantitative estimate of drug-likeness (QED) is 0.600. The lowest BCUT2D eigenvalue weighted by molar-refractivity contribution is -0.132. The summed E-state index contributed by atoms with van der Waals surface area (Å²) in [6.07, 6.45) is 0.538. The minimum absolute atomic E-state index is 0. The van der Waals surface area contributed by atoms with Gasteiger partial charge in [-0.1, -0.05) is 6.07 Å². The number of nitrogens with one attached hydrogen (secondary N) is 1. The minimum atomic E-state index is -0.558. The number of hydrogen-bond donors (Lipinski definition) is 2. The summed E-state index contributed by atoms with van der Waals surface area (Å²) in [4.78, 5) is 28.5. The van der Waals surface area contributed by atoms with Crippen LogP contribution in [-0.4, -0.2) is 91.9 Å². The van der Waals surface area contributed by atoms with Crippen molar-refractivity contribution < 1.29 is 24.2 Å². The lowest BCUT2D eigenvalue weighted by atomic mass is 9.78. The van der Waals surface area contributed by atoms with Crippen LogP contribution >= 0.6 is 24.8 Å². The van der Waals surface area contributed by atoms with Gasteiger partial charge >= 0.3 is 5.97 Å². The first-order chi connectivity index (χ1) is 14.5. The highest BCUT2D eigenvalue weighted by Gasteiger charge is 2.43. The Hall–Kier alpha value is -1.58. The summed E-state index contributed by atoms with van der Waals surface area (Å²) in [6, 6.07) is 6.87. The third-order valence-electron chi connectivity index (χ3n) is 6.53. The third-order valence-corrected chi connectivity index (χ3v) is 6.53. The van der Waals surface area contributed by atoms with Crippen LogP contribution in [0.4, 0.5) is 0 Å². The monoisotopic (exact) mass is 489 g/mol. The number of nitrogens with zero attached hydrogens (tertiary/aromatic N) is 2. The van der Waals surface area contributed by atoms with Crippen molar-refractivity contribution in [1.29, 1.82) is 0 Å². The van der Waals surface area contributed by atoms with E-state index in [0.29, 0.717) is 36.1 Å². The van der Waals surface area contributed by atoms with E-state index in [0.717, 1.165) is 45.7 Å². The molecule has 3 fully saturated rings. The number of benzene rings is 1. The normalized spacial score (nSPS) is 27.5. The number of piperazine rings is 1. The molecule has 32 heavy (non-hydrogen) atoms. The highest BCUT2D eigenvalue weighted by atomic mass is 35.5. The van der Waals surface area contributed by atoms with Crippen molar-refractivity contribution in [3.8, 4) is 5.75 Å². The molecule has 0 bridgehead atoms. The first-order valence-electron chi connectivity index (χ1n) is 10.8. The van der Waals surface area contributed by atoms with Gasteiger partial charge in [0.15, 0.2) is 0 Å². The van der Waals surface area contributed by atoms with Gasteiger partial charge in [0.05, 0.1) is 25.3 Å². The van der Waals surface area contributed by atoms with Crippen LogP contribution in [0, 0.1) is 11.8 Å². The maximum absolute atomic E-state index is 12.6. The second-order valence-electron chi connectivity index (χ2n) is 8.56. The number of methoxy groups -OCH3 is 1. The van der Waals surface area contributed by atoms with Gasteiger partial charge in [-0.2, -0.15) is 0 Å². The second-order valence-corrected chi connectivity index (χ2v) is 8.56. The maximum atomic E-state index is 12.6. The van der Waals surface area contributed by atoms with Crippen molar-refractivity contribution in [2.24, 2.45) is 11.8 Å². The number of likely N-dealkylation sites (tertiary alicyclic amines) is 1. The highest BCUT2D eigenvalue weighted by molar-refractivity contribution is 5.89. The molecule has 2 aliphatic heterocycles. The second kappa shape index (κ2) is 12.0. The van der Waals surface area contributed by atoms with Crippen LogP contribution in [0.5, 0.6) is 5.75 Å². The molecule has 2 N–H and O–H groups in total. The van der Waals surface area contributed by atoms with E-state index in [9.17, 15) is 14.7 Å². The topological polar surface area (TPSA) is 91.3 Å². The molecule has 2 saturated heterocycles. The maximum Gasteiger partial charge on any atom is 0.337 e. The van der Waals surface area contributed by atoms with Crippen LogP contribution < -0.4 is 10.1 Å². The number of aliphatic hydroxyl groups is 1. The zero-order valence-electron chi connectivity index (χ0n) is 18.3. The molecule has 1 aromatic carbocycles. The summed E-state index contributed by atoms with van der Waals surface area (Å²) in [5.41, 5.74) is 0.427. The number of carbonyl (C=O) groups is 2. The lowest BCUT2D eigenvalue weighted by Gasteiger charge is -2.35. The van der Waals surface area contributed by atoms with Gasteiger partial charge in [-0.15, -0.1) is 24.8 Å². The van der Waals surface area contributed by atoms with Crippen molar-refractivity contribution in [3.63, 3.8) is 0 Å². The number of esters is 1. The SMILES string of the molecule is COC(=O)c1cccc(O[C@@H]2C[C@@H]3CN(CC(=O)N4CCNCC4)C[C@@H]3C[C@H]2O)c1.Cl.Cl. The van der Waals surface area contributed by atoms with Gasteiger partial charge < -0.3 is 24.8 Å². The fraction of sp³-hybridized carbons (Fsp3) is 0.636. The van der Waals surface area contributed by atoms with Crippen molar-refractivity contribution in [2.75, 3.05) is 52.9 Å². The van der Waals surface area contributed by atoms with E-state index in [-0.39, 0.29) is 36.8 Å².